The van der Waals surface area contributed by atoms with Crippen molar-refractivity contribution in [3.63, 3.8) is 0 Å². The van der Waals surface area contributed by atoms with Crippen LogP contribution >= 0.6 is 0 Å². The Bertz CT molecular complexity index is 400. The van der Waals surface area contributed by atoms with Crippen molar-refractivity contribution in [3.05, 3.63) is 0 Å². The Balaban J connectivity index is 1.92. The van der Waals surface area contributed by atoms with Crippen molar-refractivity contribution in [1.29, 1.82) is 0 Å². The van der Waals surface area contributed by atoms with E-state index in [1.165, 1.54) is 32.1 Å². The second-order valence-corrected chi connectivity index (χ2v) is 9.59. The van der Waals surface area contributed by atoms with Gasteiger partial charge in [-0.25, -0.2) is 8.42 Å². The molecular weight excluding hydrogens is 284 g/mol. The van der Waals surface area contributed by atoms with Gasteiger partial charge in [0.25, 0.3) is 0 Å². The van der Waals surface area contributed by atoms with Gasteiger partial charge in [0.15, 0.2) is 9.84 Å². The monoisotopic (exact) mass is 316 g/mol. The highest BCUT2D eigenvalue weighted by Crippen LogP contribution is 2.39. The van der Waals surface area contributed by atoms with Crippen molar-refractivity contribution >= 4 is 9.84 Å². The molecule has 0 bridgehead atoms. The summed E-state index contributed by atoms with van der Waals surface area (Å²) in [4.78, 5) is 2.39. The Hall–Kier alpha value is -0.130. The minimum absolute atomic E-state index is 0.349. The average molecular weight is 317 g/mol. The van der Waals surface area contributed by atoms with Gasteiger partial charge < -0.3 is 10.2 Å². The number of hydrogen-bond acceptors (Lipinski definition) is 4. The largest absolute Gasteiger partial charge is 0.316 e. The number of nitrogens with zero attached hydrogens (tertiary/aromatic N) is 1. The molecule has 1 saturated carbocycles. The Morgan fingerprint density at radius 2 is 1.81 bits per heavy atom. The second kappa shape index (κ2) is 7.42. The lowest BCUT2D eigenvalue weighted by Gasteiger charge is -2.44. The Morgan fingerprint density at radius 3 is 2.38 bits per heavy atom. The Morgan fingerprint density at radius 1 is 1.19 bits per heavy atom. The molecule has 21 heavy (non-hydrogen) atoms. The zero-order valence-electron chi connectivity index (χ0n) is 13.7. The van der Waals surface area contributed by atoms with Gasteiger partial charge in [-0.05, 0) is 37.1 Å². The van der Waals surface area contributed by atoms with E-state index in [1.807, 2.05) is 0 Å². The highest BCUT2D eigenvalue weighted by molar-refractivity contribution is 7.91. The molecule has 1 aliphatic heterocycles. The van der Waals surface area contributed by atoms with Gasteiger partial charge in [0.2, 0.25) is 0 Å². The molecule has 0 atom stereocenters. The zero-order chi connectivity index (χ0) is 15.3. The normalized spacial score (nSPS) is 33.9. The first kappa shape index (κ1) is 17.2. The molecule has 5 heteroatoms. The topological polar surface area (TPSA) is 49.4 Å². The third-order valence-corrected chi connectivity index (χ3v) is 6.87. The molecule has 0 aromatic heterocycles. The number of rotatable bonds is 6. The molecule has 124 valence electrons. The van der Waals surface area contributed by atoms with Crippen LogP contribution < -0.4 is 5.32 Å². The standard InChI is InChI=1S/C16H32N2O2S/c1-3-8-17-13-16(6-4-15(2)5-7-16)14-18-9-11-21(19,20)12-10-18/h15,17H,3-14H2,1-2H3. The smallest absolute Gasteiger partial charge is 0.152 e. The number of hydrogen-bond donors (Lipinski definition) is 1. The fraction of sp³-hybridized carbons (Fsp3) is 1.00. The van der Waals surface area contributed by atoms with Gasteiger partial charge in [0, 0.05) is 26.2 Å². The van der Waals surface area contributed by atoms with Crippen LogP contribution in [0.3, 0.4) is 0 Å². The van der Waals surface area contributed by atoms with E-state index in [2.05, 4.69) is 24.1 Å². The highest BCUT2D eigenvalue weighted by Gasteiger charge is 2.36. The van der Waals surface area contributed by atoms with Gasteiger partial charge >= 0.3 is 0 Å². The van der Waals surface area contributed by atoms with Crippen LogP contribution in [0.5, 0.6) is 0 Å². The molecule has 0 spiro atoms. The number of sulfone groups is 1. The van der Waals surface area contributed by atoms with Crippen molar-refractivity contribution in [3.8, 4) is 0 Å². The van der Waals surface area contributed by atoms with Crippen LogP contribution in [0, 0.1) is 11.3 Å². The number of nitrogens with one attached hydrogen (secondary N) is 1. The summed E-state index contributed by atoms with van der Waals surface area (Å²) in [6.45, 7) is 9.28. The van der Waals surface area contributed by atoms with Gasteiger partial charge in [-0.2, -0.15) is 0 Å². The van der Waals surface area contributed by atoms with Gasteiger partial charge in [0.05, 0.1) is 11.5 Å². The van der Waals surface area contributed by atoms with E-state index in [0.717, 1.165) is 38.6 Å². The summed E-state index contributed by atoms with van der Waals surface area (Å²) in [6, 6.07) is 0. The van der Waals surface area contributed by atoms with E-state index in [4.69, 9.17) is 0 Å². The van der Waals surface area contributed by atoms with Crippen LogP contribution in [-0.2, 0) is 9.84 Å². The summed E-state index contributed by atoms with van der Waals surface area (Å²) in [5, 5.41) is 3.62. The van der Waals surface area contributed by atoms with Crippen LogP contribution in [0.25, 0.3) is 0 Å². The lowest BCUT2D eigenvalue weighted by atomic mass is 9.70. The van der Waals surface area contributed by atoms with E-state index >= 15 is 0 Å². The van der Waals surface area contributed by atoms with E-state index in [1.54, 1.807) is 0 Å². The summed E-state index contributed by atoms with van der Waals surface area (Å²) in [5.74, 6) is 1.55. The molecule has 0 radical (unpaired) electrons. The SMILES string of the molecule is CCCNCC1(CN2CCS(=O)(=O)CC2)CCC(C)CC1. The third kappa shape index (κ3) is 5.22. The van der Waals surface area contributed by atoms with Crippen LogP contribution in [0.15, 0.2) is 0 Å². The molecule has 1 aliphatic carbocycles. The summed E-state index contributed by atoms with van der Waals surface area (Å²) in [7, 11) is -2.76. The maximum absolute atomic E-state index is 11.6. The second-order valence-electron chi connectivity index (χ2n) is 7.29. The first-order valence-corrected chi connectivity index (χ1v) is 10.4. The van der Waals surface area contributed by atoms with Gasteiger partial charge in [0.1, 0.15) is 0 Å². The summed E-state index contributed by atoms with van der Waals surface area (Å²) in [6.07, 6.45) is 6.39. The molecule has 2 aliphatic rings. The van der Waals surface area contributed by atoms with Crippen molar-refractivity contribution in [2.75, 3.05) is 44.2 Å². The Labute approximate surface area is 130 Å². The molecule has 1 heterocycles. The predicted octanol–water partition coefficient (Wildman–Crippen LogP) is 1.91. The first-order valence-electron chi connectivity index (χ1n) is 8.58. The fourth-order valence-corrected chi connectivity index (χ4v) is 4.96. The van der Waals surface area contributed by atoms with E-state index < -0.39 is 9.84 Å². The molecule has 0 amide bonds. The minimum Gasteiger partial charge on any atom is -0.316 e. The van der Waals surface area contributed by atoms with Crippen LogP contribution in [0.1, 0.15) is 46.0 Å². The van der Waals surface area contributed by atoms with E-state index in [-0.39, 0.29) is 0 Å². The van der Waals surface area contributed by atoms with E-state index in [9.17, 15) is 8.42 Å². The molecule has 1 N–H and O–H groups in total. The quantitative estimate of drug-likeness (QED) is 0.761. The van der Waals surface area contributed by atoms with Crippen LogP contribution in [0.4, 0.5) is 0 Å². The van der Waals surface area contributed by atoms with Crippen LogP contribution in [0.2, 0.25) is 0 Å². The molecule has 4 nitrogen and oxygen atoms in total. The maximum atomic E-state index is 11.6. The van der Waals surface area contributed by atoms with Gasteiger partial charge in [-0.1, -0.05) is 26.7 Å². The Kier molecular flexibility index (Phi) is 6.09. The molecule has 0 aromatic rings. The van der Waals surface area contributed by atoms with Crippen molar-refractivity contribution in [1.82, 2.24) is 10.2 Å². The molecule has 2 fully saturated rings. The molecule has 2 rings (SSSR count). The third-order valence-electron chi connectivity index (χ3n) is 5.26. The molecule has 0 unspecified atom stereocenters. The van der Waals surface area contributed by atoms with Crippen molar-refractivity contribution < 1.29 is 8.42 Å². The van der Waals surface area contributed by atoms with Gasteiger partial charge in [-0.15, -0.1) is 0 Å². The van der Waals surface area contributed by atoms with Gasteiger partial charge in [-0.3, -0.25) is 0 Å². The zero-order valence-corrected chi connectivity index (χ0v) is 14.6. The summed E-state index contributed by atoms with van der Waals surface area (Å²) < 4.78 is 23.2. The average Bonchev–Trinajstić information content (AvgIpc) is 2.45. The lowest BCUT2D eigenvalue weighted by Crippen LogP contribution is -2.50. The van der Waals surface area contributed by atoms with Crippen LogP contribution in [-0.4, -0.2) is 57.5 Å². The lowest BCUT2D eigenvalue weighted by molar-refractivity contribution is 0.0907. The summed E-state index contributed by atoms with van der Waals surface area (Å²) in [5.41, 5.74) is 0.364. The predicted molar refractivity (Wildman–Crippen MR) is 88.3 cm³/mol. The maximum Gasteiger partial charge on any atom is 0.152 e. The van der Waals surface area contributed by atoms with E-state index in [0.29, 0.717) is 16.9 Å². The minimum atomic E-state index is -2.76. The highest BCUT2D eigenvalue weighted by atomic mass is 32.2. The molecule has 1 saturated heterocycles. The fourth-order valence-electron chi connectivity index (χ4n) is 3.68. The molecular formula is C16H32N2O2S. The first-order chi connectivity index (χ1) is 9.95. The molecule has 0 aromatic carbocycles. The van der Waals surface area contributed by atoms with Crippen molar-refractivity contribution in [2.45, 2.75) is 46.0 Å². The van der Waals surface area contributed by atoms with Crippen molar-refractivity contribution in [2.24, 2.45) is 11.3 Å². The summed E-state index contributed by atoms with van der Waals surface area (Å²) >= 11 is 0.